The Bertz CT molecular complexity index is 1080. The first-order valence-electron chi connectivity index (χ1n) is 12.1. The summed E-state index contributed by atoms with van der Waals surface area (Å²) in [5.41, 5.74) is 6.20. The molecule has 1 amide bonds. The van der Waals surface area contributed by atoms with Gasteiger partial charge in [-0.15, -0.1) is 0 Å². The number of carbonyl (C=O) groups is 1. The van der Waals surface area contributed by atoms with E-state index < -0.39 is 0 Å². The first-order valence-corrected chi connectivity index (χ1v) is 12.1. The molecular formula is C29H35N3O2. The van der Waals surface area contributed by atoms with Crippen LogP contribution in [0, 0.1) is 0 Å². The maximum atomic E-state index is 12.8. The molecule has 5 heteroatoms. The number of anilines is 1. The molecule has 1 N–H and O–H groups in total. The molecule has 1 heterocycles. The van der Waals surface area contributed by atoms with E-state index in [0.717, 1.165) is 30.8 Å². The maximum Gasteiger partial charge on any atom is 0.224 e. The fraction of sp³-hybridized carbons (Fsp3) is 0.345. The zero-order chi connectivity index (χ0) is 23.9. The van der Waals surface area contributed by atoms with E-state index in [4.69, 9.17) is 4.74 Å². The van der Waals surface area contributed by atoms with Gasteiger partial charge in [-0.1, -0.05) is 48.5 Å². The Hall–Kier alpha value is -3.31. The van der Waals surface area contributed by atoms with Crippen molar-refractivity contribution in [3.05, 3.63) is 95.1 Å². The monoisotopic (exact) mass is 457 g/mol. The van der Waals surface area contributed by atoms with E-state index in [1.807, 2.05) is 31.2 Å². The van der Waals surface area contributed by atoms with E-state index in [9.17, 15) is 4.79 Å². The van der Waals surface area contributed by atoms with Crippen molar-refractivity contribution in [2.24, 2.45) is 0 Å². The molecule has 34 heavy (non-hydrogen) atoms. The number of ether oxygens (including phenoxy) is 1. The molecule has 0 saturated carbocycles. The summed E-state index contributed by atoms with van der Waals surface area (Å²) < 4.78 is 5.50. The van der Waals surface area contributed by atoms with Crippen LogP contribution in [0.5, 0.6) is 5.75 Å². The normalized spacial score (nSPS) is 14.2. The molecule has 0 bridgehead atoms. The van der Waals surface area contributed by atoms with Crippen LogP contribution in [0.1, 0.15) is 35.2 Å². The highest BCUT2D eigenvalue weighted by Gasteiger charge is 2.25. The second-order valence-electron chi connectivity index (χ2n) is 9.05. The van der Waals surface area contributed by atoms with E-state index in [-0.39, 0.29) is 11.9 Å². The minimum atomic E-state index is 0.0384. The molecule has 1 atom stereocenters. The fourth-order valence-electron chi connectivity index (χ4n) is 4.56. The lowest BCUT2D eigenvalue weighted by Gasteiger charge is -2.36. The standard InChI is InChI=1S/C29H35N3O2/c1-4-34-27-15-9-22(10-16-27)19-29(33)30-20-28(24-11-13-26(14-12-24)31(2)3)32-18-17-23-7-5-6-8-25(23)21-32/h5-16,28H,4,17-21H2,1-3H3,(H,30,33)/t28-/m1/s1. The number of benzene rings is 3. The summed E-state index contributed by atoms with van der Waals surface area (Å²) in [6.45, 7) is 5.06. The van der Waals surface area contributed by atoms with E-state index in [1.54, 1.807) is 0 Å². The Balaban J connectivity index is 1.46. The molecule has 0 spiro atoms. The van der Waals surface area contributed by atoms with Crippen molar-refractivity contribution in [2.75, 3.05) is 38.7 Å². The zero-order valence-electron chi connectivity index (χ0n) is 20.5. The van der Waals surface area contributed by atoms with Crippen LogP contribution in [0.4, 0.5) is 5.69 Å². The Morgan fingerprint density at radius 1 is 1.00 bits per heavy atom. The molecule has 0 radical (unpaired) electrons. The summed E-state index contributed by atoms with van der Waals surface area (Å²) in [5, 5.41) is 3.21. The lowest BCUT2D eigenvalue weighted by atomic mass is 9.96. The van der Waals surface area contributed by atoms with Gasteiger partial charge in [-0.3, -0.25) is 9.69 Å². The highest BCUT2D eigenvalue weighted by atomic mass is 16.5. The largest absolute Gasteiger partial charge is 0.494 e. The molecule has 3 aromatic rings. The molecule has 1 aliphatic heterocycles. The summed E-state index contributed by atoms with van der Waals surface area (Å²) in [6.07, 6.45) is 1.39. The summed E-state index contributed by atoms with van der Waals surface area (Å²) in [6, 6.07) is 25.3. The van der Waals surface area contributed by atoms with Crippen molar-refractivity contribution in [1.29, 1.82) is 0 Å². The average Bonchev–Trinajstić information content (AvgIpc) is 2.86. The lowest BCUT2D eigenvalue weighted by Crippen LogP contribution is -2.41. The van der Waals surface area contributed by atoms with Gasteiger partial charge in [-0.05, 0) is 59.9 Å². The van der Waals surface area contributed by atoms with Crippen LogP contribution in [0.2, 0.25) is 0 Å². The molecule has 5 nitrogen and oxygen atoms in total. The van der Waals surface area contributed by atoms with E-state index in [2.05, 4.69) is 77.7 Å². The molecule has 0 aliphatic carbocycles. The first kappa shape index (κ1) is 23.8. The minimum Gasteiger partial charge on any atom is -0.494 e. The Kier molecular flexibility index (Phi) is 7.86. The van der Waals surface area contributed by atoms with Crippen molar-refractivity contribution in [3.8, 4) is 5.75 Å². The number of fused-ring (bicyclic) bond motifs is 1. The third-order valence-corrected chi connectivity index (χ3v) is 6.49. The molecule has 0 aromatic heterocycles. The zero-order valence-corrected chi connectivity index (χ0v) is 20.5. The van der Waals surface area contributed by atoms with Crippen LogP contribution in [0.15, 0.2) is 72.8 Å². The van der Waals surface area contributed by atoms with Crippen LogP contribution >= 0.6 is 0 Å². The van der Waals surface area contributed by atoms with Gasteiger partial charge in [0.25, 0.3) is 0 Å². The van der Waals surface area contributed by atoms with E-state index in [1.165, 1.54) is 22.4 Å². The van der Waals surface area contributed by atoms with Gasteiger partial charge in [0.1, 0.15) is 5.75 Å². The Labute approximate surface area is 203 Å². The molecule has 4 rings (SSSR count). The molecule has 3 aromatic carbocycles. The molecule has 0 fully saturated rings. The van der Waals surface area contributed by atoms with Crippen LogP contribution in [0.3, 0.4) is 0 Å². The summed E-state index contributed by atoms with van der Waals surface area (Å²) in [5.74, 6) is 0.870. The minimum absolute atomic E-state index is 0.0384. The highest BCUT2D eigenvalue weighted by molar-refractivity contribution is 5.78. The van der Waals surface area contributed by atoms with Gasteiger partial charge >= 0.3 is 0 Å². The fourth-order valence-corrected chi connectivity index (χ4v) is 4.56. The maximum absolute atomic E-state index is 12.8. The van der Waals surface area contributed by atoms with Gasteiger partial charge in [0.05, 0.1) is 19.1 Å². The number of hydrogen-bond donors (Lipinski definition) is 1. The Morgan fingerprint density at radius 3 is 2.38 bits per heavy atom. The highest BCUT2D eigenvalue weighted by Crippen LogP contribution is 2.29. The summed E-state index contributed by atoms with van der Waals surface area (Å²) in [4.78, 5) is 17.4. The average molecular weight is 458 g/mol. The lowest BCUT2D eigenvalue weighted by molar-refractivity contribution is -0.120. The molecule has 0 unspecified atom stereocenters. The first-order chi connectivity index (χ1) is 16.5. The van der Waals surface area contributed by atoms with Gasteiger partial charge in [0, 0.05) is 39.4 Å². The van der Waals surface area contributed by atoms with Crippen LogP contribution < -0.4 is 15.0 Å². The predicted molar refractivity (Wildman–Crippen MR) is 138 cm³/mol. The van der Waals surface area contributed by atoms with Crippen molar-refractivity contribution < 1.29 is 9.53 Å². The number of hydrogen-bond acceptors (Lipinski definition) is 4. The quantitative estimate of drug-likeness (QED) is 0.510. The van der Waals surface area contributed by atoms with Gasteiger partial charge in [0.15, 0.2) is 0 Å². The number of carbonyl (C=O) groups excluding carboxylic acids is 1. The molecular weight excluding hydrogens is 422 g/mol. The number of rotatable bonds is 9. The second-order valence-corrected chi connectivity index (χ2v) is 9.05. The smallest absolute Gasteiger partial charge is 0.224 e. The number of nitrogens with one attached hydrogen (secondary N) is 1. The third-order valence-electron chi connectivity index (χ3n) is 6.49. The predicted octanol–water partition coefficient (Wildman–Crippen LogP) is 4.61. The van der Waals surface area contributed by atoms with Crippen molar-refractivity contribution in [1.82, 2.24) is 10.2 Å². The van der Waals surface area contributed by atoms with Crippen LogP contribution in [-0.4, -0.2) is 44.6 Å². The molecule has 0 saturated heterocycles. The summed E-state index contributed by atoms with van der Waals surface area (Å²) in [7, 11) is 4.10. The topological polar surface area (TPSA) is 44.8 Å². The van der Waals surface area contributed by atoms with E-state index in [0.29, 0.717) is 19.6 Å². The van der Waals surface area contributed by atoms with E-state index >= 15 is 0 Å². The van der Waals surface area contributed by atoms with Gasteiger partial charge in [-0.2, -0.15) is 0 Å². The van der Waals surface area contributed by atoms with Gasteiger partial charge < -0.3 is 15.0 Å². The number of nitrogens with zero attached hydrogens (tertiary/aromatic N) is 2. The molecule has 178 valence electrons. The van der Waals surface area contributed by atoms with Gasteiger partial charge in [0.2, 0.25) is 5.91 Å². The second kappa shape index (κ2) is 11.2. The van der Waals surface area contributed by atoms with Crippen LogP contribution in [-0.2, 0) is 24.2 Å². The number of amides is 1. The SMILES string of the molecule is CCOc1ccc(CC(=O)NC[C@H](c2ccc(N(C)C)cc2)N2CCc3ccccc3C2)cc1. The van der Waals surface area contributed by atoms with Crippen molar-refractivity contribution in [2.45, 2.75) is 32.4 Å². The van der Waals surface area contributed by atoms with Gasteiger partial charge in [-0.25, -0.2) is 0 Å². The van der Waals surface area contributed by atoms with Crippen LogP contribution in [0.25, 0.3) is 0 Å². The Morgan fingerprint density at radius 2 is 1.71 bits per heavy atom. The third kappa shape index (κ3) is 5.97. The molecule has 1 aliphatic rings. The van der Waals surface area contributed by atoms with Crippen molar-refractivity contribution in [3.63, 3.8) is 0 Å². The van der Waals surface area contributed by atoms with Crippen molar-refractivity contribution >= 4 is 11.6 Å². The summed E-state index contributed by atoms with van der Waals surface area (Å²) >= 11 is 0.